The van der Waals surface area contributed by atoms with Crippen molar-refractivity contribution in [3.05, 3.63) is 71.8 Å². The normalized spacial score (nSPS) is 12.4. The molecule has 0 aliphatic heterocycles. The molecule has 0 atom stereocenters. The van der Waals surface area contributed by atoms with E-state index in [4.69, 9.17) is 11.6 Å². The number of halogens is 4. The largest absolute Gasteiger partial charge is 0.573 e. The number of anilines is 1. The third-order valence-electron chi connectivity index (χ3n) is 4.16. The maximum Gasteiger partial charge on any atom is 0.573 e. The lowest BCUT2D eigenvalue weighted by Gasteiger charge is -2.12. The second-order valence-electron chi connectivity index (χ2n) is 6.62. The highest BCUT2D eigenvalue weighted by Crippen LogP contribution is 2.30. The molecular weight excluding hydrogens is 491 g/mol. The molecule has 0 aliphatic carbocycles. The van der Waals surface area contributed by atoms with E-state index in [1.54, 1.807) is 12.1 Å². The second-order valence-corrected chi connectivity index (χ2v) is 10.7. The van der Waals surface area contributed by atoms with E-state index in [0.717, 1.165) is 36.6 Å². The van der Waals surface area contributed by atoms with Crippen LogP contribution in [0.5, 0.6) is 5.75 Å². The lowest BCUT2D eigenvalue weighted by Crippen LogP contribution is -2.16. The Hall–Kier alpha value is -2.76. The van der Waals surface area contributed by atoms with E-state index >= 15 is 0 Å². The molecule has 12 heteroatoms. The molecule has 0 aliphatic rings. The van der Waals surface area contributed by atoms with Crippen LogP contribution in [0.3, 0.4) is 0 Å². The third kappa shape index (κ3) is 5.93. The van der Waals surface area contributed by atoms with Crippen LogP contribution in [0.2, 0.25) is 5.02 Å². The minimum atomic E-state index is -4.81. The number of nitrogens with one attached hydrogen (secondary N) is 1. The lowest BCUT2D eigenvalue weighted by atomic mass is 10.1. The fourth-order valence-electron chi connectivity index (χ4n) is 2.75. The van der Waals surface area contributed by atoms with Gasteiger partial charge in [-0.15, -0.1) is 13.2 Å². The Morgan fingerprint density at radius 1 is 0.875 bits per heavy atom. The molecule has 32 heavy (non-hydrogen) atoms. The summed E-state index contributed by atoms with van der Waals surface area (Å²) in [5.41, 5.74) is 1.22. The van der Waals surface area contributed by atoms with Crippen LogP contribution in [0, 0.1) is 0 Å². The van der Waals surface area contributed by atoms with Crippen LogP contribution in [-0.2, 0) is 19.9 Å². The maximum atomic E-state index is 12.7. The topological polar surface area (TPSA) is 89.5 Å². The van der Waals surface area contributed by atoms with E-state index in [9.17, 15) is 30.0 Å². The van der Waals surface area contributed by atoms with E-state index in [2.05, 4.69) is 9.46 Å². The summed E-state index contributed by atoms with van der Waals surface area (Å²) in [5.74, 6) is -0.384. The average molecular weight is 506 g/mol. The number of sulfone groups is 1. The van der Waals surface area contributed by atoms with Gasteiger partial charge in [0.2, 0.25) is 0 Å². The Bertz CT molecular complexity index is 1360. The zero-order valence-corrected chi connectivity index (χ0v) is 18.6. The molecule has 0 heterocycles. The van der Waals surface area contributed by atoms with Crippen molar-refractivity contribution in [3.8, 4) is 16.9 Å². The molecule has 3 aromatic rings. The van der Waals surface area contributed by atoms with Crippen LogP contribution in [-0.4, -0.2) is 29.5 Å². The van der Waals surface area contributed by atoms with E-state index in [1.165, 1.54) is 24.3 Å². The van der Waals surface area contributed by atoms with Crippen LogP contribution in [0.25, 0.3) is 11.1 Å². The highest BCUT2D eigenvalue weighted by molar-refractivity contribution is 7.93. The van der Waals surface area contributed by atoms with Crippen LogP contribution in [0.15, 0.2) is 76.5 Å². The number of benzene rings is 3. The molecule has 170 valence electrons. The van der Waals surface area contributed by atoms with Crippen LogP contribution in [0.1, 0.15) is 0 Å². The van der Waals surface area contributed by atoms with Crippen LogP contribution < -0.4 is 9.46 Å². The van der Waals surface area contributed by atoms with Gasteiger partial charge >= 0.3 is 6.36 Å². The van der Waals surface area contributed by atoms with Gasteiger partial charge < -0.3 is 4.74 Å². The Kier molecular flexibility index (Phi) is 6.45. The first-order valence-electron chi connectivity index (χ1n) is 8.73. The van der Waals surface area contributed by atoms with Crippen molar-refractivity contribution in [2.45, 2.75) is 16.2 Å². The summed E-state index contributed by atoms with van der Waals surface area (Å²) in [6.07, 6.45) is -3.83. The van der Waals surface area contributed by atoms with Crippen molar-refractivity contribution in [1.29, 1.82) is 0 Å². The van der Waals surface area contributed by atoms with Gasteiger partial charge in [-0.1, -0.05) is 35.9 Å². The molecule has 0 saturated carbocycles. The Morgan fingerprint density at radius 3 is 2.09 bits per heavy atom. The molecule has 0 spiro atoms. The molecule has 0 unspecified atom stereocenters. The predicted molar refractivity (Wildman–Crippen MR) is 114 cm³/mol. The second kappa shape index (κ2) is 8.64. The zero-order valence-electron chi connectivity index (χ0n) is 16.2. The molecule has 3 rings (SSSR count). The molecule has 0 aromatic heterocycles. The van der Waals surface area contributed by atoms with Crippen molar-refractivity contribution in [3.63, 3.8) is 0 Å². The first kappa shape index (κ1) is 23.9. The zero-order chi connectivity index (χ0) is 23.7. The van der Waals surface area contributed by atoms with Gasteiger partial charge in [0.25, 0.3) is 10.0 Å². The lowest BCUT2D eigenvalue weighted by molar-refractivity contribution is -0.274. The Morgan fingerprint density at radius 2 is 1.53 bits per heavy atom. The molecule has 6 nitrogen and oxygen atoms in total. The van der Waals surface area contributed by atoms with Crippen molar-refractivity contribution >= 4 is 37.1 Å². The smallest absolute Gasteiger partial charge is 0.406 e. The van der Waals surface area contributed by atoms with Crippen LogP contribution >= 0.6 is 11.6 Å². The van der Waals surface area contributed by atoms with Gasteiger partial charge in [0.15, 0.2) is 9.84 Å². The molecule has 0 amide bonds. The third-order valence-corrected chi connectivity index (χ3v) is 7.13. The van der Waals surface area contributed by atoms with Gasteiger partial charge in [-0.3, -0.25) is 4.72 Å². The van der Waals surface area contributed by atoms with Crippen molar-refractivity contribution in [2.75, 3.05) is 11.0 Å². The van der Waals surface area contributed by atoms with Crippen molar-refractivity contribution in [2.24, 2.45) is 0 Å². The molecule has 3 aromatic carbocycles. The molecule has 0 fully saturated rings. The van der Waals surface area contributed by atoms with Gasteiger partial charge in [-0.05, 0) is 53.6 Å². The number of ether oxygens (including phenoxy) is 1. The SMILES string of the molecule is CS(=O)(=O)c1ccc(S(=O)(=O)Nc2cccc(-c3ccc(OC(F)(F)F)cc3)c2)c(Cl)c1. The van der Waals surface area contributed by atoms with Gasteiger partial charge in [-0.25, -0.2) is 16.8 Å². The molecular formula is C20H15ClF3NO5S2. The minimum absolute atomic E-state index is 0.124. The number of hydrogen-bond donors (Lipinski definition) is 1. The van der Waals surface area contributed by atoms with Crippen molar-refractivity contribution in [1.82, 2.24) is 0 Å². The molecule has 1 N–H and O–H groups in total. The van der Waals surface area contributed by atoms with E-state index in [-0.39, 0.29) is 26.3 Å². The standard InChI is InChI=1S/C20H15ClF3NO5S2/c1-31(26,27)17-9-10-19(18(21)12-17)32(28,29)25-15-4-2-3-14(11-15)13-5-7-16(8-6-13)30-20(22,23)24/h2-12,25H,1H3. The summed E-state index contributed by atoms with van der Waals surface area (Å²) < 4.78 is 91.8. The number of sulfonamides is 1. The predicted octanol–water partition coefficient (Wildman–Crippen LogP) is 5.11. The highest BCUT2D eigenvalue weighted by atomic mass is 35.5. The molecule has 0 radical (unpaired) electrons. The van der Waals surface area contributed by atoms with E-state index in [0.29, 0.717) is 11.1 Å². The first-order chi connectivity index (χ1) is 14.7. The van der Waals surface area contributed by atoms with Gasteiger partial charge in [0, 0.05) is 11.9 Å². The van der Waals surface area contributed by atoms with Gasteiger partial charge in [0.05, 0.1) is 9.92 Å². The summed E-state index contributed by atoms with van der Waals surface area (Å²) >= 11 is 6.00. The fraction of sp³-hybridized carbons (Fsp3) is 0.100. The highest BCUT2D eigenvalue weighted by Gasteiger charge is 2.31. The van der Waals surface area contributed by atoms with Crippen molar-refractivity contribution < 1.29 is 34.7 Å². The first-order valence-corrected chi connectivity index (χ1v) is 12.5. The number of hydrogen-bond acceptors (Lipinski definition) is 5. The van der Waals surface area contributed by atoms with Crippen LogP contribution in [0.4, 0.5) is 18.9 Å². The summed E-state index contributed by atoms with van der Waals surface area (Å²) in [4.78, 5) is -0.438. The van der Waals surface area contributed by atoms with E-state index in [1.807, 2.05) is 0 Å². The summed E-state index contributed by atoms with van der Waals surface area (Å²) in [7, 11) is -7.72. The monoisotopic (exact) mass is 505 g/mol. The Labute approximate surface area is 187 Å². The quantitative estimate of drug-likeness (QED) is 0.503. The minimum Gasteiger partial charge on any atom is -0.406 e. The maximum absolute atomic E-state index is 12.7. The number of rotatable bonds is 6. The summed E-state index contributed by atoms with van der Waals surface area (Å²) in [6.45, 7) is 0. The molecule has 0 bridgehead atoms. The van der Waals surface area contributed by atoms with Gasteiger partial charge in [0.1, 0.15) is 10.6 Å². The summed E-state index contributed by atoms with van der Waals surface area (Å²) in [6, 6.07) is 14.5. The number of alkyl halides is 3. The molecule has 0 saturated heterocycles. The average Bonchev–Trinajstić information content (AvgIpc) is 2.66. The Balaban J connectivity index is 1.86. The van der Waals surface area contributed by atoms with E-state index < -0.39 is 26.2 Å². The van der Waals surface area contributed by atoms with Gasteiger partial charge in [-0.2, -0.15) is 0 Å². The fourth-order valence-corrected chi connectivity index (χ4v) is 5.06. The summed E-state index contributed by atoms with van der Waals surface area (Å²) in [5, 5.41) is -0.267.